The lowest BCUT2D eigenvalue weighted by Crippen LogP contribution is -2.01. The van der Waals surface area contributed by atoms with Crippen molar-refractivity contribution in [3.63, 3.8) is 0 Å². The molecule has 7 heteroatoms. The van der Waals surface area contributed by atoms with Crippen LogP contribution in [0.1, 0.15) is 5.69 Å². The molecule has 0 spiro atoms. The van der Waals surface area contributed by atoms with Crippen molar-refractivity contribution in [3.05, 3.63) is 79.3 Å². The maximum absolute atomic E-state index is 5.63. The summed E-state index contributed by atoms with van der Waals surface area (Å²) in [7, 11) is 0. The SMILES string of the molecule is c1ccc(-c2nc(Cn3ccnc3-c3cnn4cccnc34)co2)cc1. The first kappa shape index (κ1) is 14.6. The van der Waals surface area contributed by atoms with E-state index in [1.165, 1.54) is 0 Å². The van der Waals surface area contributed by atoms with Crippen LogP contribution in [0.15, 0.2) is 78.1 Å². The van der Waals surface area contributed by atoms with Crippen LogP contribution in [0.4, 0.5) is 0 Å². The first-order valence-corrected chi connectivity index (χ1v) is 8.18. The van der Waals surface area contributed by atoms with Gasteiger partial charge in [-0.1, -0.05) is 18.2 Å². The lowest BCUT2D eigenvalue weighted by Gasteiger charge is -2.04. The Bertz CT molecular complexity index is 1170. The van der Waals surface area contributed by atoms with Crippen LogP contribution in [-0.2, 0) is 6.54 Å². The molecule has 0 radical (unpaired) electrons. The van der Waals surface area contributed by atoms with E-state index >= 15 is 0 Å². The first-order valence-electron chi connectivity index (χ1n) is 8.18. The number of fused-ring (bicyclic) bond motifs is 1. The summed E-state index contributed by atoms with van der Waals surface area (Å²) in [5.74, 6) is 1.41. The molecule has 4 aromatic heterocycles. The molecule has 26 heavy (non-hydrogen) atoms. The summed E-state index contributed by atoms with van der Waals surface area (Å²) in [5, 5.41) is 4.33. The second-order valence-electron chi connectivity index (χ2n) is 5.83. The molecule has 0 aliphatic heterocycles. The van der Waals surface area contributed by atoms with Crippen LogP contribution in [0, 0.1) is 0 Å². The van der Waals surface area contributed by atoms with Gasteiger partial charge in [-0.3, -0.25) is 0 Å². The minimum absolute atomic E-state index is 0.551. The summed E-state index contributed by atoms with van der Waals surface area (Å²) >= 11 is 0. The van der Waals surface area contributed by atoms with Gasteiger partial charge >= 0.3 is 0 Å². The number of oxazole rings is 1. The second-order valence-corrected chi connectivity index (χ2v) is 5.83. The molecule has 0 N–H and O–H groups in total. The lowest BCUT2D eigenvalue weighted by molar-refractivity contribution is 0.571. The van der Waals surface area contributed by atoms with Gasteiger partial charge in [0.2, 0.25) is 5.89 Å². The average molecular weight is 342 g/mol. The van der Waals surface area contributed by atoms with E-state index in [1.807, 2.05) is 53.4 Å². The monoisotopic (exact) mass is 342 g/mol. The standard InChI is InChI=1S/C19H14N6O/c1-2-5-14(6-3-1)19-23-15(13-26-19)12-24-10-8-21-17(24)16-11-22-25-9-4-7-20-18(16)25/h1-11,13H,12H2. The molecule has 7 nitrogen and oxygen atoms in total. The van der Waals surface area contributed by atoms with E-state index < -0.39 is 0 Å². The Labute approximate surface area is 148 Å². The summed E-state index contributed by atoms with van der Waals surface area (Å²) in [6.45, 7) is 0.551. The van der Waals surface area contributed by atoms with E-state index in [-0.39, 0.29) is 0 Å². The summed E-state index contributed by atoms with van der Waals surface area (Å²) in [6.07, 6.45) is 10.7. The highest BCUT2D eigenvalue weighted by Gasteiger charge is 2.14. The predicted octanol–water partition coefficient (Wildman–Crippen LogP) is 3.30. The van der Waals surface area contributed by atoms with Crippen LogP contribution < -0.4 is 0 Å². The number of aromatic nitrogens is 6. The molecular formula is C19H14N6O. The highest BCUT2D eigenvalue weighted by molar-refractivity contribution is 5.72. The van der Waals surface area contributed by atoms with E-state index in [0.717, 1.165) is 28.3 Å². The minimum Gasteiger partial charge on any atom is -0.444 e. The van der Waals surface area contributed by atoms with Crippen LogP contribution >= 0.6 is 0 Å². The third kappa shape index (κ3) is 2.46. The molecule has 0 unspecified atom stereocenters. The molecule has 4 heterocycles. The molecule has 126 valence electrons. The van der Waals surface area contributed by atoms with Crippen LogP contribution in [0.25, 0.3) is 28.5 Å². The van der Waals surface area contributed by atoms with Crippen molar-refractivity contribution in [2.45, 2.75) is 6.54 Å². The Morgan fingerprint density at radius 2 is 1.88 bits per heavy atom. The quantitative estimate of drug-likeness (QED) is 0.501. The number of nitrogens with zero attached hydrogens (tertiary/aromatic N) is 6. The summed E-state index contributed by atoms with van der Waals surface area (Å²) in [5.41, 5.74) is 3.43. The highest BCUT2D eigenvalue weighted by Crippen LogP contribution is 2.23. The van der Waals surface area contributed by atoms with E-state index in [1.54, 1.807) is 29.4 Å². The van der Waals surface area contributed by atoms with E-state index in [4.69, 9.17) is 4.42 Å². The van der Waals surface area contributed by atoms with E-state index in [2.05, 4.69) is 20.1 Å². The van der Waals surface area contributed by atoms with Gasteiger partial charge in [0.05, 0.1) is 24.0 Å². The van der Waals surface area contributed by atoms with Crippen molar-refractivity contribution in [2.24, 2.45) is 0 Å². The Morgan fingerprint density at radius 1 is 0.962 bits per heavy atom. The van der Waals surface area contributed by atoms with Crippen molar-refractivity contribution >= 4 is 5.65 Å². The number of hydrogen-bond donors (Lipinski definition) is 0. The van der Waals surface area contributed by atoms with Crippen LogP contribution in [-0.4, -0.2) is 29.1 Å². The zero-order valence-electron chi connectivity index (χ0n) is 13.7. The van der Waals surface area contributed by atoms with Gasteiger partial charge in [-0.15, -0.1) is 0 Å². The second kappa shape index (κ2) is 5.96. The zero-order valence-corrected chi connectivity index (χ0v) is 13.7. The molecule has 0 amide bonds. The molecule has 0 fully saturated rings. The number of rotatable bonds is 4. The largest absolute Gasteiger partial charge is 0.444 e. The molecular weight excluding hydrogens is 328 g/mol. The number of benzene rings is 1. The Kier molecular flexibility index (Phi) is 3.35. The Hall–Kier alpha value is -3.74. The van der Waals surface area contributed by atoms with Gasteiger partial charge in [-0.05, 0) is 18.2 Å². The van der Waals surface area contributed by atoms with Gasteiger partial charge in [0.15, 0.2) is 5.65 Å². The molecule has 0 saturated carbocycles. The summed E-state index contributed by atoms with van der Waals surface area (Å²) < 4.78 is 9.37. The third-order valence-electron chi connectivity index (χ3n) is 4.14. The zero-order chi connectivity index (χ0) is 17.3. The van der Waals surface area contributed by atoms with Crippen LogP contribution in [0.2, 0.25) is 0 Å². The summed E-state index contributed by atoms with van der Waals surface area (Å²) in [6, 6.07) is 11.7. The van der Waals surface area contributed by atoms with Crippen molar-refractivity contribution in [2.75, 3.05) is 0 Å². The molecule has 0 bridgehead atoms. The fourth-order valence-corrected chi connectivity index (χ4v) is 2.93. The molecule has 5 rings (SSSR count). The minimum atomic E-state index is 0.551. The molecule has 0 aliphatic carbocycles. The fraction of sp³-hybridized carbons (Fsp3) is 0.0526. The smallest absolute Gasteiger partial charge is 0.226 e. The summed E-state index contributed by atoms with van der Waals surface area (Å²) in [4.78, 5) is 13.5. The van der Waals surface area contributed by atoms with E-state index in [9.17, 15) is 0 Å². The molecule has 5 aromatic rings. The molecule has 0 atom stereocenters. The third-order valence-corrected chi connectivity index (χ3v) is 4.14. The predicted molar refractivity (Wildman–Crippen MR) is 95.2 cm³/mol. The van der Waals surface area contributed by atoms with Gasteiger partial charge in [0, 0.05) is 30.4 Å². The van der Waals surface area contributed by atoms with Gasteiger partial charge in [-0.25, -0.2) is 19.5 Å². The fourth-order valence-electron chi connectivity index (χ4n) is 2.93. The average Bonchev–Trinajstić information content (AvgIpc) is 3.42. The van der Waals surface area contributed by atoms with Crippen LogP contribution in [0.3, 0.4) is 0 Å². The lowest BCUT2D eigenvalue weighted by atomic mass is 10.2. The van der Waals surface area contributed by atoms with Crippen molar-refractivity contribution in [1.82, 2.24) is 29.1 Å². The number of hydrogen-bond acceptors (Lipinski definition) is 5. The number of imidazole rings is 1. The van der Waals surface area contributed by atoms with Gasteiger partial charge < -0.3 is 8.98 Å². The van der Waals surface area contributed by atoms with Crippen molar-refractivity contribution in [1.29, 1.82) is 0 Å². The highest BCUT2D eigenvalue weighted by atomic mass is 16.3. The van der Waals surface area contributed by atoms with E-state index in [0.29, 0.717) is 12.4 Å². The van der Waals surface area contributed by atoms with Crippen LogP contribution in [0.5, 0.6) is 0 Å². The maximum Gasteiger partial charge on any atom is 0.226 e. The Balaban J connectivity index is 1.48. The normalized spacial score (nSPS) is 11.2. The maximum atomic E-state index is 5.63. The molecule has 1 aromatic carbocycles. The van der Waals surface area contributed by atoms with Crippen molar-refractivity contribution < 1.29 is 4.42 Å². The Morgan fingerprint density at radius 3 is 2.81 bits per heavy atom. The van der Waals surface area contributed by atoms with Gasteiger partial charge in [0.25, 0.3) is 0 Å². The molecule has 0 saturated heterocycles. The van der Waals surface area contributed by atoms with Gasteiger partial charge in [0.1, 0.15) is 12.1 Å². The first-order chi connectivity index (χ1) is 12.9. The molecule has 0 aliphatic rings. The topological polar surface area (TPSA) is 74.0 Å². The van der Waals surface area contributed by atoms with Crippen molar-refractivity contribution in [3.8, 4) is 22.8 Å². The van der Waals surface area contributed by atoms with Gasteiger partial charge in [-0.2, -0.15) is 5.10 Å².